The van der Waals surface area contributed by atoms with Gasteiger partial charge in [0.05, 0.1) is 25.2 Å². The summed E-state index contributed by atoms with van der Waals surface area (Å²) in [5, 5.41) is 6.90. The Morgan fingerprint density at radius 3 is 2.27 bits per heavy atom. The SMILES string of the molecule is C[C@@H](OCc1ccccc1)[C@@H](NC(=O)C(CC(=O)N(C)CCn1cccn1)Cc1ccccc1)C(N)=O. The number of amides is 3. The number of nitrogens with one attached hydrogen (secondary N) is 1. The molecule has 0 aliphatic carbocycles. The van der Waals surface area contributed by atoms with E-state index in [2.05, 4.69) is 10.4 Å². The molecule has 1 aromatic heterocycles. The number of likely N-dealkylation sites (N-methyl/N-ethyl adjacent to an activating group) is 1. The van der Waals surface area contributed by atoms with Gasteiger partial charge in [0, 0.05) is 32.4 Å². The molecule has 0 radical (unpaired) electrons. The fourth-order valence-electron chi connectivity index (χ4n) is 3.92. The Morgan fingerprint density at radius 2 is 1.68 bits per heavy atom. The highest BCUT2D eigenvalue weighted by Crippen LogP contribution is 2.16. The number of hydrogen-bond acceptors (Lipinski definition) is 5. The van der Waals surface area contributed by atoms with Crippen molar-refractivity contribution in [2.24, 2.45) is 11.7 Å². The lowest BCUT2D eigenvalue weighted by Crippen LogP contribution is -2.53. The molecule has 3 amide bonds. The van der Waals surface area contributed by atoms with Crippen LogP contribution in [0.25, 0.3) is 0 Å². The molecule has 3 rings (SSSR count). The van der Waals surface area contributed by atoms with Crippen molar-refractivity contribution in [2.75, 3.05) is 13.6 Å². The maximum Gasteiger partial charge on any atom is 0.242 e. The average Bonchev–Trinajstić information content (AvgIpc) is 3.43. The number of benzene rings is 2. The van der Waals surface area contributed by atoms with Crippen molar-refractivity contribution in [2.45, 2.75) is 45.1 Å². The normalized spacial score (nSPS) is 13.4. The largest absolute Gasteiger partial charge is 0.371 e. The molecule has 0 bridgehead atoms. The molecule has 196 valence electrons. The Morgan fingerprint density at radius 1 is 1.03 bits per heavy atom. The molecule has 0 saturated carbocycles. The molecule has 3 N–H and O–H groups in total. The molecule has 3 aromatic rings. The number of hydrogen-bond donors (Lipinski definition) is 2. The Balaban J connectivity index is 1.66. The highest BCUT2D eigenvalue weighted by atomic mass is 16.5. The highest BCUT2D eigenvalue weighted by Gasteiger charge is 2.31. The van der Waals surface area contributed by atoms with Gasteiger partial charge in [-0.1, -0.05) is 60.7 Å². The van der Waals surface area contributed by atoms with Crippen molar-refractivity contribution in [3.63, 3.8) is 0 Å². The molecule has 37 heavy (non-hydrogen) atoms. The molecule has 0 spiro atoms. The third-order valence-corrected chi connectivity index (χ3v) is 6.20. The number of nitrogens with zero attached hydrogens (tertiary/aromatic N) is 3. The van der Waals surface area contributed by atoms with E-state index >= 15 is 0 Å². The van der Waals surface area contributed by atoms with Gasteiger partial charge in [-0.3, -0.25) is 19.1 Å². The van der Waals surface area contributed by atoms with Gasteiger partial charge in [-0.2, -0.15) is 5.10 Å². The minimum absolute atomic E-state index is 0.0128. The molecule has 0 aliphatic rings. The van der Waals surface area contributed by atoms with E-state index in [0.29, 0.717) is 19.5 Å². The lowest BCUT2D eigenvalue weighted by molar-refractivity contribution is -0.137. The van der Waals surface area contributed by atoms with Gasteiger partial charge in [0.1, 0.15) is 6.04 Å². The summed E-state index contributed by atoms with van der Waals surface area (Å²) in [6.07, 6.45) is 3.18. The first-order chi connectivity index (χ1) is 17.8. The molecule has 0 saturated heterocycles. The van der Waals surface area contributed by atoms with Gasteiger partial charge < -0.3 is 20.7 Å². The zero-order valence-corrected chi connectivity index (χ0v) is 21.3. The second-order valence-corrected chi connectivity index (χ2v) is 9.07. The van der Waals surface area contributed by atoms with Crippen LogP contribution >= 0.6 is 0 Å². The molecule has 0 aliphatic heterocycles. The predicted molar refractivity (Wildman–Crippen MR) is 140 cm³/mol. The van der Waals surface area contributed by atoms with Crippen LogP contribution in [0.5, 0.6) is 0 Å². The summed E-state index contributed by atoms with van der Waals surface area (Å²) in [5.41, 5.74) is 7.48. The summed E-state index contributed by atoms with van der Waals surface area (Å²) in [5.74, 6) is -1.98. The number of rotatable bonds is 14. The summed E-state index contributed by atoms with van der Waals surface area (Å²) >= 11 is 0. The third-order valence-electron chi connectivity index (χ3n) is 6.20. The minimum atomic E-state index is -1.04. The van der Waals surface area contributed by atoms with Gasteiger partial charge in [-0.05, 0) is 30.5 Å². The second-order valence-electron chi connectivity index (χ2n) is 9.07. The topological polar surface area (TPSA) is 120 Å². The average molecular weight is 506 g/mol. The zero-order valence-electron chi connectivity index (χ0n) is 21.3. The number of aromatic nitrogens is 2. The van der Waals surface area contributed by atoms with Crippen molar-refractivity contribution in [3.8, 4) is 0 Å². The van der Waals surface area contributed by atoms with Crippen LogP contribution < -0.4 is 11.1 Å². The van der Waals surface area contributed by atoms with Gasteiger partial charge >= 0.3 is 0 Å². The Labute approximate surface area is 217 Å². The summed E-state index contributed by atoms with van der Waals surface area (Å²) < 4.78 is 7.58. The van der Waals surface area contributed by atoms with Crippen molar-refractivity contribution in [3.05, 3.63) is 90.3 Å². The molecule has 3 atom stereocenters. The zero-order chi connectivity index (χ0) is 26.6. The molecular weight excluding hydrogens is 470 g/mol. The summed E-state index contributed by atoms with van der Waals surface area (Å²) in [6.45, 7) is 2.97. The highest BCUT2D eigenvalue weighted by molar-refractivity contribution is 5.90. The number of nitrogens with two attached hydrogens (primary N) is 1. The van der Waals surface area contributed by atoms with Crippen LogP contribution in [0.3, 0.4) is 0 Å². The standard InChI is InChI=1S/C28H35N5O4/c1-21(37-20-23-12-7-4-8-13-23)26(27(29)35)31-28(36)24(18-22-10-5-3-6-11-22)19-25(34)32(2)16-17-33-15-9-14-30-33/h3-15,21,24,26H,16-20H2,1-2H3,(H2,29,35)(H,31,36)/t21-,24?,26-/m1/s1. The van der Waals surface area contributed by atoms with Crippen LogP contribution in [0, 0.1) is 5.92 Å². The first-order valence-corrected chi connectivity index (χ1v) is 12.3. The second kappa shape index (κ2) is 13.9. The van der Waals surface area contributed by atoms with Crippen LogP contribution in [0.15, 0.2) is 79.1 Å². The lowest BCUT2D eigenvalue weighted by Gasteiger charge is -2.26. The smallest absolute Gasteiger partial charge is 0.242 e. The molecule has 9 nitrogen and oxygen atoms in total. The molecule has 2 aromatic carbocycles. The van der Waals surface area contributed by atoms with Crippen molar-refractivity contribution < 1.29 is 19.1 Å². The van der Waals surface area contributed by atoms with Crippen LogP contribution in [0.2, 0.25) is 0 Å². The quantitative estimate of drug-likeness (QED) is 0.348. The van der Waals surface area contributed by atoms with Crippen LogP contribution in [0.4, 0.5) is 0 Å². The fraction of sp³-hybridized carbons (Fsp3) is 0.357. The first kappa shape index (κ1) is 27.6. The number of carbonyl (C=O) groups is 3. The Kier molecular flexibility index (Phi) is 10.4. The summed E-state index contributed by atoms with van der Waals surface area (Å²) in [6, 6.07) is 19.8. The van der Waals surface area contributed by atoms with E-state index in [1.165, 1.54) is 0 Å². The molecular formula is C28H35N5O4. The molecule has 9 heteroatoms. The van der Waals surface area contributed by atoms with Crippen molar-refractivity contribution >= 4 is 17.7 Å². The van der Waals surface area contributed by atoms with Gasteiger partial charge in [-0.15, -0.1) is 0 Å². The monoisotopic (exact) mass is 505 g/mol. The lowest BCUT2D eigenvalue weighted by atomic mass is 9.94. The van der Waals surface area contributed by atoms with E-state index in [1.807, 2.05) is 72.9 Å². The first-order valence-electron chi connectivity index (χ1n) is 12.3. The Hall–Kier alpha value is -3.98. The number of carbonyl (C=O) groups excluding carboxylic acids is 3. The van der Waals surface area contributed by atoms with E-state index in [4.69, 9.17) is 10.5 Å². The maximum absolute atomic E-state index is 13.4. The van der Waals surface area contributed by atoms with Gasteiger partial charge in [0.15, 0.2) is 0 Å². The Bertz CT molecular complexity index is 1120. The molecule has 1 unspecified atom stereocenters. The van der Waals surface area contributed by atoms with Crippen LogP contribution in [-0.4, -0.2) is 58.1 Å². The van der Waals surface area contributed by atoms with Crippen molar-refractivity contribution in [1.29, 1.82) is 0 Å². The predicted octanol–water partition coefficient (Wildman–Crippen LogP) is 2.17. The van der Waals surface area contributed by atoms with Crippen LogP contribution in [-0.2, 0) is 38.7 Å². The number of ether oxygens (including phenoxy) is 1. The minimum Gasteiger partial charge on any atom is -0.371 e. The van der Waals surface area contributed by atoms with Crippen molar-refractivity contribution in [1.82, 2.24) is 20.0 Å². The van der Waals surface area contributed by atoms with Gasteiger partial charge in [0.2, 0.25) is 17.7 Å². The van der Waals surface area contributed by atoms with E-state index in [-0.39, 0.29) is 18.9 Å². The van der Waals surface area contributed by atoms with Gasteiger partial charge in [-0.25, -0.2) is 0 Å². The fourth-order valence-corrected chi connectivity index (χ4v) is 3.92. The maximum atomic E-state index is 13.4. The van der Waals surface area contributed by atoms with E-state index in [0.717, 1.165) is 11.1 Å². The summed E-state index contributed by atoms with van der Waals surface area (Å²) in [4.78, 5) is 40.2. The van der Waals surface area contributed by atoms with E-state index < -0.39 is 29.9 Å². The summed E-state index contributed by atoms with van der Waals surface area (Å²) in [7, 11) is 1.70. The van der Waals surface area contributed by atoms with Crippen LogP contribution in [0.1, 0.15) is 24.5 Å². The number of primary amides is 1. The molecule has 0 fully saturated rings. The van der Waals surface area contributed by atoms with E-state index in [9.17, 15) is 14.4 Å². The van der Waals surface area contributed by atoms with E-state index in [1.54, 1.807) is 29.7 Å². The van der Waals surface area contributed by atoms with Gasteiger partial charge in [0.25, 0.3) is 0 Å². The molecule has 1 heterocycles. The third kappa shape index (κ3) is 8.88.